The van der Waals surface area contributed by atoms with Gasteiger partial charge in [-0.25, -0.2) is 16.8 Å². The minimum absolute atomic E-state index is 0.0567. The highest BCUT2D eigenvalue weighted by Crippen LogP contribution is 2.27. The van der Waals surface area contributed by atoms with Gasteiger partial charge in [0.25, 0.3) is 10.0 Å². The maximum absolute atomic E-state index is 13.6. The molecule has 0 saturated carbocycles. The number of anilines is 2. The van der Waals surface area contributed by atoms with Gasteiger partial charge >= 0.3 is 0 Å². The summed E-state index contributed by atoms with van der Waals surface area (Å²) in [5, 5.41) is 2.68. The zero-order valence-electron chi connectivity index (χ0n) is 21.3. The Balaban J connectivity index is 1.55. The predicted octanol–water partition coefficient (Wildman–Crippen LogP) is 4.01. The van der Waals surface area contributed by atoms with Crippen LogP contribution in [-0.2, 0) is 24.8 Å². The molecule has 1 fully saturated rings. The van der Waals surface area contributed by atoms with E-state index in [2.05, 4.69) is 5.32 Å². The maximum Gasteiger partial charge on any atom is 0.264 e. The topological polar surface area (TPSA) is 113 Å². The van der Waals surface area contributed by atoms with Gasteiger partial charge in [-0.05, 0) is 87.4 Å². The third-order valence-corrected chi connectivity index (χ3v) is 9.87. The van der Waals surface area contributed by atoms with E-state index in [1.807, 2.05) is 13.8 Å². The van der Waals surface area contributed by atoms with E-state index < -0.39 is 32.5 Å². The van der Waals surface area contributed by atoms with Gasteiger partial charge < -0.3 is 10.1 Å². The van der Waals surface area contributed by atoms with E-state index >= 15 is 0 Å². The lowest BCUT2D eigenvalue weighted by Gasteiger charge is -2.24. The van der Waals surface area contributed by atoms with Crippen molar-refractivity contribution in [3.8, 4) is 5.75 Å². The number of carbonyl (C=O) groups is 1. The summed E-state index contributed by atoms with van der Waals surface area (Å²) in [7, 11) is -7.65. The lowest BCUT2D eigenvalue weighted by atomic mass is 10.2. The number of benzene rings is 3. The Labute approximate surface area is 224 Å². The average Bonchev–Trinajstić information content (AvgIpc) is 3.45. The predicted molar refractivity (Wildman–Crippen MR) is 146 cm³/mol. The molecule has 0 radical (unpaired) electrons. The molecule has 0 aliphatic carbocycles. The van der Waals surface area contributed by atoms with Crippen LogP contribution in [-0.4, -0.2) is 53.3 Å². The van der Waals surface area contributed by atoms with E-state index in [-0.39, 0.29) is 9.79 Å². The van der Waals surface area contributed by atoms with Crippen molar-refractivity contribution in [2.75, 3.05) is 35.9 Å². The molecule has 1 amide bonds. The molecule has 3 aromatic carbocycles. The molecule has 0 unspecified atom stereocenters. The van der Waals surface area contributed by atoms with Crippen molar-refractivity contribution < 1.29 is 26.4 Å². The van der Waals surface area contributed by atoms with Crippen molar-refractivity contribution in [3.05, 3.63) is 78.4 Å². The number of nitrogens with zero attached hydrogens (tertiary/aromatic N) is 2. The van der Waals surface area contributed by atoms with E-state index in [9.17, 15) is 21.6 Å². The standard InChI is InChI=1S/C27H31N3O6S2/c1-3-36-24-12-10-23(11-13-24)30(38(34,35)26-14-6-21(2)7-15-26)20-27(31)28-22-8-16-25(17-9-22)37(32,33)29-18-4-5-19-29/h6-17H,3-5,18-20H2,1-2H3,(H,28,31). The van der Waals surface area contributed by atoms with E-state index in [1.165, 1.54) is 40.7 Å². The normalized spacial score (nSPS) is 14.3. The molecule has 0 bridgehead atoms. The molecule has 1 N–H and O–H groups in total. The molecular formula is C27H31N3O6S2. The molecule has 0 spiro atoms. The van der Waals surface area contributed by atoms with Crippen LogP contribution in [0.15, 0.2) is 82.6 Å². The Bertz CT molecular complexity index is 1470. The number of rotatable bonds is 10. The zero-order chi connectivity index (χ0) is 27.3. The molecule has 0 atom stereocenters. The van der Waals surface area contributed by atoms with Gasteiger partial charge in [-0.1, -0.05) is 17.7 Å². The van der Waals surface area contributed by atoms with Gasteiger partial charge in [-0.2, -0.15) is 4.31 Å². The molecule has 11 heteroatoms. The lowest BCUT2D eigenvalue weighted by molar-refractivity contribution is -0.114. The second kappa shape index (κ2) is 11.5. The largest absolute Gasteiger partial charge is 0.494 e. The van der Waals surface area contributed by atoms with Crippen LogP contribution >= 0.6 is 0 Å². The van der Waals surface area contributed by atoms with Gasteiger partial charge in [-0.3, -0.25) is 9.10 Å². The average molecular weight is 558 g/mol. The minimum atomic E-state index is -4.07. The Morgan fingerprint density at radius 3 is 2.03 bits per heavy atom. The molecule has 202 valence electrons. The molecule has 9 nitrogen and oxygen atoms in total. The summed E-state index contributed by atoms with van der Waals surface area (Å²) in [6.45, 7) is 4.68. The number of aryl methyl sites for hydroxylation is 1. The number of ether oxygens (including phenoxy) is 1. The van der Waals surface area contributed by atoms with Crippen molar-refractivity contribution in [2.24, 2.45) is 0 Å². The van der Waals surface area contributed by atoms with Crippen LogP contribution in [0.4, 0.5) is 11.4 Å². The van der Waals surface area contributed by atoms with Crippen LogP contribution in [0, 0.1) is 6.92 Å². The molecule has 0 aromatic heterocycles. The van der Waals surface area contributed by atoms with Gasteiger partial charge in [0.1, 0.15) is 12.3 Å². The van der Waals surface area contributed by atoms with Gasteiger partial charge in [0, 0.05) is 18.8 Å². The monoisotopic (exact) mass is 557 g/mol. The summed E-state index contributed by atoms with van der Waals surface area (Å²) in [5.74, 6) is 0.00193. The summed E-state index contributed by atoms with van der Waals surface area (Å²) in [6.07, 6.45) is 1.67. The van der Waals surface area contributed by atoms with E-state index in [1.54, 1.807) is 36.4 Å². The number of nitrogens with one attached hydrogen (secondary N) is 1. The Morgan fingerprint density at radius 1 is 0.868 bits per heavy atom. The first-order valence-electron chi connectivity index (χ1n) is 12.3. The van der Waals surface area contributed by atoms with Gasteiger partial charge in [-0.15, -0.1) is 0 Å². The molecule has 1 aliphatic heterocycles. The van der Waals surface area contributed by atoms with Crippen LogP contribution in [0.25, 0.3) is 0 Å². The molecule has 1 saturated heterocycles. The highest BCUT2D eigenvalue weighted by Gasteiger charge is 2.29. The number of carbonyl (C=O) groups excluding carboxylic acids is 1. The Morgan fingerprint density at radius 2 is 1.45 bits per heavy atom. The fourth-order valence-corrected chi connectivity index (χ4v) is 7.08. The first-order valence-corrected chi connectivity index (χ1v) is 15.2. The Kier molecular flexibility index (Phi) is 8.39. The first kappa shape index (κ1) is 27.6. The fraction of sp³-hybridized carbons (Fsp3) is 0.296. The maximum atomic E-state index is 13.6. The summed E-state index contributed by atoms with van der Waals surface area (Å²) >= 11 is 0. The second-order valence-corrected chi connectivity index (χ2v) is 12.7. The van der Waals surface area contributed by atoms with Gasteiger partial charge in [0.05, 0.1) is 22.1 Å². The van der Waals surface area contributed by atoms with Crippen LogP contribution < -0.4 is 14.4 Å². The summed E-state index contributed by atoms with van der Waals surface area (Å²) in [6, 6.07) is 18.7. The van der Waals surface area contributed by atoms with Crippen LogP contribution in [0.1, 0.15) is 25.3 Å². The smallest absolute Gasteiger partial charge is 0.264 e. The SMILES string of the molecule is CCOc1ccc(N(CC(=O)Nc2ccc(S(=O)(=O)N3CCCC3)cc2)S(=O)(=O)c2ccc(C)cc2)cc1. The quantitative estimate of drug-likeness (QED) is 0.403. The summed E-state index contributed by atoms with van der Waals surface area (Å²) < 4.78 is 60.6. The third kappa shape index (κ3) is 6.17. The molecule has 1 heterocycles. The van der Waals surface area contributed by atoms with Gasteiger partial charge in [0.15, 0.2) is 0 Å². The fourth-order valence-electron chi connectivity index (χ4n) is 4.15. The van der Waals surface area contributed by atoms with Crippen molar-refractivity contribution in [1.29, 1.82) is 0 Å². The number of hydrogen-bond donors (Lipinski definition) is 1. The van der Waals surface area contributed by atoms with Crippen molar-refractivity contribution in [3.63, 3.8) is 0 Å². The third-order valence-electron chi connectivity index (χ3n) is 6.17. The minimum Gasteiger partial charge on any atom is -0.494 e. The Hall–Kier alpha value is -3.41. The second-order valence-electron chi connectivity index (χ2n) is 8.94. The number of hydrogen-bond acceptors (Lipinski definition) is 6. The number of sulfonamides is 2. The van der Waals surface area contributed by atoms with E-state index in [0.29, 0.717) is 36.8 Å². The van der Waals surface area contributed by atoms with Crippen LogP contribution in [0.3, 0.4) is 0 Å². The first-order chi connectivity index (χ1) is 18.1. The zero-order valence-corrected chi connectivity index (χ0v) is 23.0. The lowest BCUT2D eigenvalue weighted by Crippen LogP contribution is -2.38. The molecule has 3 aromatic rings. The van der Waals surface area contributed by atoms with Crippen molar-refractivity contribution in [2.45, 2.75) is 36.5 Å². The van der Waals surface area contributed by atoms with Crippen molar-refractivity contribution in [1.82, 2.24) is 4.31 Å². The highest BCUT2D eigenvalue weighted by molar-refractivity contribution is 7.92. The summed E-state index contributed by atoms with van der Waals surface area (Å²) in [5.41, 5.74) is 1.57. The molecule has 38 heavy (non-hydrogen) atoms. The van der Waals surface area contributed by atoms with Crippen LogP contribution in [0.5, 0.6) is 5.75 Å². The van der Waals surface area contributed by atoms with Crippen molar-refractivity contribution >= 4 is 37.3 Å². The van der Waals surface area contributed by atoms with Gasteiger partial charge in [0.2, 0.25) is 15.9 Å². The molecule has 1 aliphatic rings. The molecular weight excluding hydrogens is 526 g/mol. The number of amides is 1. The summed E-state index contributed by atoms with van der Waals surface area (Å²) in [4.78, 5) is 13.2. The molecule has 4 rings (SSSR count). The van der Waals surface area contributed by atoms with Crippen LogP contribution in [0.2, 0.25) is 0 Å². The van der Waals surface area contributed by atoms with E-state index in [0.717, 1.165) is 22.7 Å². The van der Waals surface area contributed by atoms with E-state index in [4.69, 9.17) is 4.74 Å². The highest BCUT2D eigenvalue weighted by atomic mass is 32.2.